The molecule has 0 N–H and O–H groups in total. The number of rotatable bonds is 10. The highest BCUT2D eigenvalue weighted by atomic mass is 79.9. The molecule has 0 amide bonds. The third kappa shape index (κ3) is 11.3. The monoisotopic (exact) mass is 312 g/mol. The van der Waals surface area contributed by atoms with Gasteiger partial charge in [0.1, 0.15) is 0 Å². The van der Waals surface area contributed by atoms with Crippen molar-refractivity contribution in [2.24, 2.45) is 0 Å². The van der Waals surface area contributed by atoms with E-state index in [9.17, 15) is 0 Å². The minimum absolute atomic E-state index is 1.25. The third-order valence-corrected chi connectivity index (χ3v) is 8.48. The Kier molecular flexibility index (Phi) is 10.8. The van der Waals surface area contributed by atoms with E-state index < -0.39 is 6.00 Å². The van der Waals surface area contributed by atoms with Crippen molar-refractivity contribution in [3.05, 3.63) is 0 Å². The molecule has 0 rings (SSSR count). The fourth-order valence-corrected chi connectivity index (χ4v) is 6.01. The molecule has 0 radical (unpaired) electrons. The highest BCUT2D eigenvalue weighted by Crippen LogP contribution is 2.32. The van der Waals surface area contributed by atoms with E-state index in [4.69, 9.17) is 11.1 Å². The van der Waals surface area contributed by atoms with Crippen LogP contribution in [0, 0.1) is 0 Å². The molecule has 0 aliphatic carbocycles. The van der Waals surface area contributed by atoms with Gasteiger partial charge in [-0.05, 0) is 12.1 Å². The maximum absolute atomic E-state index is 6.55. The summed E-state index contributed by atoms with van der Waals surface area (Å²) < 4.78 is 0. The Morgan fingerprint density at radius 2 is 1.20 bits per heavy atom. The zero-order chi connectivity index (χ0) is 11.6. The van der Waals surface area contributed by atoms with Crippen LogP contribution in [0.4, 0.5) is 0 Å². The fourth-order valence-electron chi connectivity index (χ4n) is 1.75. The lowest BCUT2D eigenvalue weighted by atomic mass is 10.2. The van der Waals surface area contributed by atoms with Crippen LogP contribution in [0.3, 0.4) is 0 Å². The van der Waals surface area contributed by atoms with Crippen molar-refractivity contribution < 1.29 is 0 Å². The summed E-state index contributed by atoms with van der Waals surface area (Å²) in [4.78, 5) is 0. The summed E-state index contributed by atoms with van der Waals surface area (Å²) in [6.07, 6.45) is 10.7. The highest BCUT2D eigenvalue weighted by Gasteiger charge is 2.25. The SMILES string of the molecule is CCCCCC[Si](Cl)(Br)CCCCCC. The first-order valence-electron chi connectivity index (χ1n) is 6.50. The number of halogens is 2. The van der Waals surface area contributed by atoms with Crippen molar-refractivity contribution in [1.82, 2.24) is 0 Å². The van der Waals surface area contributed by atoms with Gasteiger partial charge in [-0.15, -0.1) is 15.3 Å². The van der Waals surface area contributed by atoms with Gasteiger partial charge in [0.25, 0.3) is 0 Å². The standard InChI is InChI=1S/C12H26BrClSi/c1-3-5-7-9-11-15(13,14)12-10-8-6-4-2/h3-12H2,1-2H3. The molecule has 0 aromatic rings. The summed E-state index contributed by atoms with van der Waals surface area (Å²) in [5, 5.41) is 0. The lowest BCUT2D eigenvalue weighted by Gasteiger charge is -2.16. The topological polar surface area (TPSA) is 0 Å². The minimum atomic E-state index is -1.52. The maximum atomic E-state index is 6.55. The van der Waals surface area contributed by atoms with Gasteiger partial charge in [0.15, 0.2) is 0 Å². The smallest absolute Gasteiger partial charge is 0.152 e. The zero-order valence-electron chi connectivity index (χ0n) is 10.3. The second-order valence-corrected chi connectivity index (χ2v) is 15.3. The van der Waals surface area contributed by atoms with Gasteiger partial charge < -0.3 is 0 Å². The van der Waals surface area contributed by atoms with E-state index in [1.165, 1.54) is 63.5 Å². The van der Waals surface area contributed by atoms with Gasteiger partial charge in [-0.25, -0.2) is 0 Å². The van der Waals surface area contributed by atoms with E-state index in [0.717, 1.165) is 0 Å². The highest BCUT2D eigenvalue weighted by molar-refractivity contribution is 9.27. The van der Waals surface area contributed by atoms with E-state index in [1.54, 1.807) is 0 Å². The Balaban J connectivity index is 3.40. The molecule has 0 aromatic carbocycles. The number of hydrogen-bond acceptors (Lipinski definition) is 0. The Morgan fingerprint density at radius 3 is 1.53 bits per heavy atom. The average Bonchev–Trinajstić information content (AvgIpc) is 2.20. The molecular formula is C12H26BrClSi. The minimum Gasteiger partial charge on any atom is -0.152 e. The van der Waals surface area contributed by atoms with Crippen molar-refractivity contribution in [3.63, 3.8) is 0 Å². The third-order valence-electron chi connectivity index (χ3n) is 2.79. The molecule has 0 saturated heterocycles. The van der Waals surface area contributed by atoms with E-state index in [-0.39, 0.29) is 0 Å². The molecule has 0 nitrogen and oxygen atoms in total. The predicted molar refractivity (Wildman–Crippen MR) is 78.4 cm³/mol. The molecular weight excluding hydrogens is 288 g/mol. The van der Waals surface area contributed by atoms with E-state index in [0.29, 0.717) is 0 Å². The normalized spacial score (nSPS) is 12.0. The summed E-state index contributed by atoms with van der Waals surface area (Å²) >= 11 is 10.3. The molecule has 0 aliphatic heterocycles. The van der Waals surface area contributed by atoms with Crippen LogP contribution in [0.15, 0.2) is 0 Å². The van der Waals surface area contributed by atoms with Gasteiger partial charge in [-0.2, -0.15) is 11.1 Å². The quantitative estimate of drug-likeness (QED) is 0.255. The van der Waals surface area contributed by atoms with Crippen molar-refractivity contribution >= 4 is 32.4 Å². The predicted octanol–water partition coefficient (Wildman–Crippen LogP) is 6.22. The molecule has 0 spiro atoms. The lowest BCUT2D eigenvalue weighted by molar-refractivity contribution is 0.687. The van der Waals surface area contributed by atoms with E-state index in [2.05, 4.69) is 29.1 Å². The largest absolute Gasteiger partial charge is 0.226 e. The molecule has 0 aliphatic rings. The molecule has 0 aromatic heterocycles. The van der Waals surface area contributed by atoms with Gasteiger partial charge >= 0.3 is 0 Å². The van der Waals surface area contributed by atoms with Gasteiger partial charge in [-0.1, -0.05) is 65.2 Å². The average molecular weight is 314 g/mol. The van der Waals surface area contributed by atoms with Crippen molar-refractivity contribution in [2.75, 3.05) is 0 Å². The molecule has 3 heteroatoms. The van der Waals surface area contributed by atoms with Gasteiger partial charge in [-0.3, -0.25) is 0 Å². The van der Waals surface area contributed by atoms with Crippen LogP contribution in [0.2, 0.25) is 12.1 Å². The summed E-state index contributed by atoms with van der Waals surface area (Å²) in [7, 11) is 0. The lowest BCUT2D eigenvalue weighted by Crippen LogP contribution is -2.17. The maximum Gasteiger partial charge on any atom is 0.226 e. The molecule has 0 unspecified atom stereocenters. The first-order chi connectivity index (χ1) is 7.12. The first-order valence-corrected chi connectivity index (χ1v) is 12.2. The molecule has 92 valence electrons. The summed E-state index contributed by atoms with van der Waals surface area (Å²) in [5.41, 5.74) is 0. The molecule has 0 atom stereocenters. The zero-order valence-corrected chi connectivity index (χ0v) is 13.7. The number of hydrogen-bond donors (Lipinski definition) is 0. The van der Waals surface area contributed by atoms with Crippen LogP contribution in [0.5, 0.6) is 0 Å². The summed E-state index contributed by atoms with van der Waals surface area (Å²) in [6, 6.07) is 0.983. The van der Waals surface area contributed by atoms with Gasteiger partial charge in [0.2, 0.25) is 6.00 Å². The second kappa shape index (κ2) is 10.2. The first kappa shape index (κ1) is 16.0. The Labute approximate surface area is 109 Å². The van der Waals surface area contributed by atoms with Crippen molar-refractivity contribution in [2.45, 2.75) is 77.3 Å². The Morgan fingerprint density at radius 1 is 0.800 bits per heavy atom. The Bertz CT molecular complexity index is 126. The van der Waals surface area contributed by atoms with Crippen LogP contribution in [0.1, 0.15) is 65.2 Å². The summed E-state index contributed by atoms with van der Waals surface area (Å²) in [6.45, 7) is 4.51. The van der Waals surface area contributed by atoms with Gasteiger partial charge in [0.05, 0.1) is 0 Å². The summed E-state index contributed by atoms with van der Waals surface area (Å²) in [5.74, 6) is 0. The van der Waals surface area contributed by atoms with Crippen LogP contribution in [-0.2, 0) is 0 Å². The van der Waals surface area contributed by atoms with Crippen LogP contribution < -0.4 is 0 Å². The van der Waals surface area contributed by atoms with Crippen molar-refractivity contribution in [1.29, 1.82) is 0 Å². The van der Waals surface area contributed by atoms with E-state index in [1.807, 2.05) is 0 Å². The Hall–Kier alpha value is 0.987. The van der Waals surface area contributed by atoms with Crippen molar-refractivity contribution in [3.8, 4) is 0 Å². The molecule has 0 heterocycles. The molecule has 0 bridgehead atoms. The fraction of sp³-hybridized carbons (Fsp3) is 1.00. The molecule has 0 saturated carbocycles. The van der Waals surface area contributed by atoms with E-state index >= 15 is 0 Å². The molecule has 15 heavy (non-hydrogen) atoms. The van der Waals surface area contributed by atoms with Crippen LogP contribution in [0.25, 0.3) is 0 Å². The van der Waals surface area contributed by atoms with Crippen LogP contribution in [-0.4, -0.2) is 6.00 Å². The molecule has 0 fully saturated rings. The van der Waals surface area contributed by atoms with Gasteiger partial charge in [0, 0.05) is 0 Å². The number of unbranched alkanes of at least 4 members (excludes halogenated alkanes) is 6. The second-order valence-electron chi connectivity index (χ2n) is 4.48. The van der Waals surface area contributed by atoms with Crippen LogP contribution >= 0.6 is 26.4 Å².